The zero-order chi connectivity index (χ0) is 21.0. The van der Waals surface area contributed by atoms with Gasteiger partial charge in [-0.05, 0) is 26.7 Å². The lowest BCUT2D eigenvalue weighted by Crippen LogP contribution is -2.29. The maximum atomic E-state index is 14.5. The normalized spacial score (nSPS) is 15.9. The molecule has 1 saturated heterocycles. The van der Waals surface area contributed by atoms with Gasteiger partial charge in [0.05, 0.1) is 17.8 Å². The number of alkyl halides is 2. The van der Waals surface area contributed by atoms with Crippen LogP contribution in [0.1, 0.15) is 49.2 Å². The number of aryl methyl sites for hydroxylation is 1. The van der Waals surface area contributed by atoms with Crippen molar-refractivity contribution in [2.45, 2.75) is 39.2 Å². The Morgan fingerprint density at radius 3 is 2.62 bits per heavy atom. The van der Waals surface area contributed by atoms with Crippen molar-refractivity contribution in [1.82, 2.24) is 9.97 Å². The van der Waals surface area contributed by atoms with E-state index in [0.717, 1.165) is 6.07 Å². The number of hydrogen-bond acceptors (Lipinski definition) is 5. The molecule has 0 radical (unpaired) electrons. The molecule has 1 aliphatic rings. The molecule has 1 fully saturated rings. The van der Waals surface area contributed by atoms with Gasteiger partial charge in [0.25, 0.3) is 6.43 Å². The average molecular weight is 408 g/mol. The van der Waals surface area contributed by atoms with Gasteiger partial charge in [-0.3, -0.25) is 4.79 Å². The number of aromatic nitrogens is 2. The van der Waals surface area contributed by atoms with E-state index in [1.807, 2.05) is 0 Å². The van der Waals surface area contributed by atoms with E-state index < -0.39 is 23.8 Å². The number of rotatable bonds is 6. The number of halogens is 3. The number of hydrogen-bond donors (Lipinski definition) is 2. The number of nitrogens with zero attached hydrogens (tertiary/aromatic N) is 2. The fourth-order valence-corrected chi connectivity index (χ4v) is 3.22. The minimum absolute atomic E-state index is 0.0840. The summed E-state index contributed by atoms with van der Waals surface area (Å²) >= 11 is 0. The first-order valence-corrected chi connectivity index (χ1v) is 9.42. The predicted molar refractivity (Wildman–Crippen MR) is 102 cm³/mol. The molecule has 0 saturated carbocycles. The van der Waals surface area contributed by atoms with E-state index in [9.17, 15) is 18.0 Å². The number of anilines is 2. The Hall–Kier alpha value is -2.68. The Balaban J connectivity index is 1.81. The molecule has 1 amide bonds. The second-order valence-electron chi connectivity index (χ2n) is 6.97. The maximum Gasteiger partial charge on any atom is 0.266 e. The summed E-state index contributed by atoms with van der Waals surface area (Å²) in [7, 11) is 0. The Morgan fingerprint density at radius 1 is 1.24 bits per heavy atom. The van der Waals surface area contributed by atoms with Gasteiger partial charge in [-0.1, -0.05) is 18.2 Å². The molecule has 6 nitrogen and oxygen atoms in total. The van der Waals surface area contributed by atoms with Gasteiger partial charge < -0.3 is 15.4 Å². The van der Waals surface area contributed by atoms with Gasteiger partial charge in [0.15, 0.2) is 5.82 Å². The van der Waals surface area contributed by atoms with Crippen molar-refractivity contribution in [2.75, 3.05) is 23.8 Å². The first-order valence-electron chi connectivity index (χ1n) is 9.42. The molecule has 0 unspecified atom stereocenters. The second kappa shape index (κ2) is 9.21. The Labute approximate surface area is 166 Å². The van der Waals surface area contributed by atoms with E-state index in [0.29, 0.717) is 43.4 Å². The van der Waals surface area contributed by atoms with Crippen molar-refractivity contribution in [2.24, 2.45) is 5.92 Å². The van der Waals surface area contributed by atoms with Gasteiger partial charge in [0, 0.05) is 24.7 Å². The van der Waals surface area contributed by atoms with Gasteiger partial charge in [0.2, 0.25) is 5.91 Å². The summed E-state index contributed by atoms with van der Waals surface area (Å²) in [6.07, 6.45) is -0.175. The molecule has 1 aromatic heterocycles. The highest BCUT2D eigenvalue weighted by Crippen LogP contribution is 2.30. The molecule has 1 atom stereocenters. The summed E-state index contributed by atoms with van der Waals surface area (Å²) in [5, 5.41) is 5.82. The van der Waals surface area contributed by atoms with E-state index >= 15 is 0 Å². The fraction of sp³-hybridized carbons (Fsp3) is 0.450. The Bertz CT molecular complexity index is 873. The van der Waals surface area contributed by atoms with Crippen LogP contribution < -0.4 is 10.6 Å². The summed E-state index contributed by atoms with van der Waals surface area (Å²) in [6.45, 7) is 4.38. The number of ether oxygens (including phenoxy) is 1. The van der Waals surface area contributed by atoms with Crippen LogP contribution in [0.3, 0.4) is 0 Å². The zero-order valence-electron chi connectivity index (χ0n) is 16.2. The van der Waals surface area contributed by atoms with E-state index in [4.69, 9.17) is 4.74 Å². The van der Waals surface area contributed by atoms with Gasteiger partial charge in [-0.25, -0.2) is 23.1 Å². The zero-order valence-corrected chi connectivity index (χ0v) is 16.2. The third-order valence-corrected chi connectivity index (χ3v) is 4.87. The van der Waals surface area contributed by atoms with Crippen molar-refractivity contribution >= 4 is 17.4 Å². The molecule has 2 N–H and O–H groups in total. The highest BCUT2D eigenvalue weighted by molar-refractivity contribution is 5.95. The number of carbonyl (C=O) groups excluding carboxylic acids is 1. The molecule has 29 heavy (non-hydrogen) atoms. The van der Waals surface area contributed by atoms with Crippen LogP contribution in [0.2, 0.25) is 0 Å². The Kier molecular flexibility index (Phi) is 6.68. The molecular formula is C20H23F3N4O2. The highest BCUT2D eigenvalue weighted by Gasteiger charge is 2.24. The summed E-state index contributed by atoms with van der Waals surface area (Å²) < 4.78 is 45.7. The van der Waals surface area contributed by atoms with Gasteiger partial charge >= 0.3 is 0 Å². The number of carbonyl (C=O) groups is 1. The molecule has 156 valence electrons. The van der Waals surface area contributed by atoms with Crippen LogP contribution in [0.4, 0.5) is 24.7 Å². The number of nitrogens with one attached hydrogen (secondary N) is 2. The van der Waals surface area contributed by atoms with Crippen molar-refractivity contribution in [1.29, 1.82) is 0 Å². The minimum atomic E-state index is -2.90. The minimum Gasteiger partial charge on any atom is -0.381 e. The van der Waals surface area contributed by atoms with E-state index in [2.05, 4.69) is 20.6 Å². The van der Waals surface area contributed by atoms with Crippen molar-refractivity contribution < 1.29 is 22.7 Å². The van der Waals surface area contributed by atoms with Crippen LogP contribution in [0.5, 0.6) is 0 Å². The maximum absolute atomic E-state index is 14.5. The summed E-state index contributed by atoms with van der Waals surface area (Å²) in [4.78, 5) is 20.9. The highest BCUT2D eigenvalue weighted by atomic mass is 19.3. The largest absolute Gasteiger partial charge is 0.381 e. The number of amides is 1. The molecule has 0 aliphatic carbocycles. The monoisotopic (exact) mass is 408 g/mol. The topological polar surface area (TPSA) is 76.1 Å². The summed E-state index contributed by atoms with van der Waals surface area (Å²) in [5.41, 5.74) is -0.215. The van der Waals surface area contributed by atoms with Crippen molar-refractivity contribution in [3.63, 3.8) is 0 Å². The Morgan fingerprint density at radius 2 is 1.93 bits per heavy atom. The van der Waals surface area contributed by atoms with Crippen molar-refractivity contribution in [3.8, 4) is 0 Å². The quantitative estimate of drug-likeness (QED) is 0.741. The van der Waals surface area contributed by atoms with Crippen LogP contribution >= 0.6 is 0 Å². The first-order chi connectivity index (χ1) is 13.9. The van der Waals surface area contributed by atoms with Crippen LogP contribution in [0.15, 0.2) is 24.4 Å². The van der Waals surface area contributed by atoms with Crippen molar-refractivity contribution in [3.05, 3.63) is 47.2 Å². The predicted octanol–water partition coefficient (Wildman–Crippen LogP) is 4.40. The van der Waals surface area contributed by atoms with Crippen LogP contribution in [-0.2, 0) is 9.53 Å². The third-order valence-electron chi connectivity index (χ3n) is 4.87. The van der Waals surface area contributed by atoms with Crippen LogP contribution in [0, 0.1) is 18.7 Å². The van der Waals surface area contributed by atoms with E-state index in [1.165, 1.54) is 18.3 Å². The molecule has 9 heteroatoms. The van der Waals surface area contributed by atoms with E-state index in [1.54, 1.807) is 13.8 Å². The lowest BCUT2D eigenvalue weighted by atomic mass is 9.99. The lowest BCUT2D eigenvalue weighted by molar-refractivity contribution is -0.122. The lowest BCUT2D eigenvalue weighted by Gasteiger charge is -2.23. The molecular weight excluding hydrogens is 385 g/mol. The van der Waals surface area contributed by atoms with Gasteiger partial charge in [-0.15, -0.1) is 0 Å². The van der Waals surface area contributed by atoms with Crippen LogP contribution in [-0.4, -0.2) is 29.1 Å². The standard InChI is InChI=1S/C20H23F3N4O2/c1-11(14-4-3-5-15(17(14)21)18(22)23)25-19-16(10-24-12(2)26-19)27-20(28)13-6-8-29-9-7-13/h3-5,10-11,13,18H,6-9H2,1-2H3,(H,27,28)(H,24,25,26)/t11-/m1/s1. The molecule has 0 spiro atoms. The molecule has 1 aromatic carbocycles. The molecule has 3 rings (SSSR count). The SMILES string of the molecule is Cc1ncc(NC(=O)C2CCOCC2)c(N[C@H](C)c2cccc(C(F)F)c2F)n1. The van der Waals surface area contributed by atoms with Gasteiger partial charge in [0.1, 0.15) is 17.3 Å². The fourth-order valence-electron chi connectivity index (χ4n) is 3.22. The third kappa shape index (κ3) is 5.03. The summed E-state index contributed by atoms with van der Waals surface area (Å²) in [6, 6.07) is 3.22. The van der Waals surface area contributed by atoms with E-state index in [-0.39, 0.29) is 17.4 Å². The molecule has 0 bridgehead atoms. The summed E-state index contributed by atoms with van der Waals surface area (Å²) in [5.74, 6) is -0.545. The average Bonchev–Trinajstić information content (AvgIpc) is 2.70. The van der Waals surface area contributed by atoms with Crippen LogP contribution in [0.25, 0.3) is 0 Å². The van der Waals surface area contributed by atoms with Gasteiger partial charge in [-0.2, -0.15) is 0 Å². The smallest absolute Gasteiger partial charge is 0.266 e. The molecule has 2 aromatic rings. The second-order valence-corrected chi connectivity index (χ2v) is 6.97. The molecule has 2 heterocycles. The first kappa shape index (κ1) is 21.0. The molecule has 1 aliphatic heterocycles. The number of benzene rings is 1.